The fourth-order valence-electron chi connectivity index (χ4n) is 1.27. The second kappa shape index (κ2) is 5.84. The summed E-state index contributed by atoms with van der Waals surface area (Å²) in [6.45, 7) is 1.90. The fourth-order valence-corrected chi connectivity index (χ4v) is 1.27. The van der Waals surface area contributed by atoms with Gasteiger partial charge in [-0.1, -0.05) is 37.3 Å². The fraction of sp³-hybridized carbons (Fsp3) is 0.231. The van der Waals surface area contributed by atoms with Gasteiger partial charge in [-0.2, -0.15) is 0 Å². The maximum Gasteiger partial charge on any atom is 0.133 e. The molecule has 0 saturated heterocycles. The van der Waals surface area contributed by atoms with Crippen molar-refractivity contribution in [3.63, 3.8) is 0 Å². The number of ether oxygens (including phenoxy) is 1. The Hall–Kier alpha value is -1.79. The van der Waals surface area contributed by atoms with Crippen molar-refractivity contribution in [1.29, 1.82) is 0 Å². The van der Waals surface area contributed by atoms with Crippen LogP contribution < -0.4 is 0 Å². The quantitative estimate of drug-likeness (QED) is 0.426. The molecule has 1 aromatic carbocycles. The topological polar surface area (TPSA) is 26.3 Å². The molecule has 2 nitrogen and oxygen atoms in total. The summed E-state index contributed by atoms with van der Waals surface area (Å²) >= 11 is 0. The van der Waals surface area contributed by atoms with Gasteiger partial charge in [-0.25, -0.2) is 4.79 Å². The van der Waals surface area contributed by atoms with E-state index in [4.69, 9.17) is 4.74 Å². The van der Waals surface area contributed by atoms with Crippen LogP contribution in [0, 0.1) is 0 Å². The van der Waals surface area contributed by atoms with Gasteiger partial charge in [-0.15, -0.1) is 0 Å². The molecule has 0 atom stereocenters. The minimum atomic E-state index is 0.557. The summed E-state index contributed by atoms with van der Waals surface area (Å²) in [6, 6.07) is 9.74. The van der Waals surface area contributed by atoms with E-state index in [9.17, 15) is 4.79 Å². The van der Waals surface area contributed by atoms with E-state index < -0.39 is 0 Å². The van der Waals surface area contributed by atoms with Crippen LogP contribution in [-0.4, -0.2) is 13.1 Å². The van der Waals surface area contributed by atoms with Crippen molar-refractivity contribution in [3.05, 3.63) is 47.2 Å². The van der Waals surface area contributed by atoms with Crippen LogP contribution in [0.4, 0.5) is 0 Å². The molecule has 0 bridgehead atoms. The smallest absolute Gasteiger partial charge is 0.133 e. The molecule has 0 fully saturated rings. The molecule has 0 aliphatic rings. The van der Waals surface area contributed by atoms with Crippen LogP contribution in [0.3, 0.4) is 0 Å². The van der Waals surface area contributed by atoms with E-state index in [1.54, 1.807) is 7.11 Å². The number of hydrogen-bond donors (Lipinski definition) is 0. The van der Waals surface area contributed by atoms with Crippen LogP contribution in [0.25, 0.3) is 6.08 Å². The summed E-state index contributed by atoms with van der Waals surface area (Å²) in [5, 5.41) is 0. The Labute approximate surface area is 89.9 Å². The lowest BCUT2D eigenvalue weighted by atomic mass is 10.1. The molecular formula is C13H14O2. The van der Waals surface area contributed by atoms with Gasteiger partial charge in [-0.05, 0) is 18.1 Å². The van der Waals surface area contributed by atoms with Crippen LogP contribution in [0.5, 0.6) is 0 Å². The molecule has 0 aliphatic carbocycles. The van der Waals surface area contributed by atoms with Crippen molar-refractivity contribution in [1.82, 2.24) is 0 Å². The van der Waals surface area contributed by atoms with Gasteiger partial charge in [0, 0.05) is 0 Å². The second-order valence-electron chi connectivity index (χ2n) is 3.06. The predicted octanol–water partition coefficient (Wildman–Crippen LogP) is 2.84. The molecular weight excluding hydrogens is 188 g/mol. The van der Waals surface area contributed by atoms with Crippen molar-refractivity contribution in [2.24, 2.45) is 0 Å². The van der Waals surface area contributed by atoms with Gasteiger partial charge in [0.1, 0.15) is 11.7 Å². The van der Waals surface area contributed by atoms with E-state index in [0.717, 1.165) is 5.56 Å². The van der Waals surface area contributed by atoms with Crippen molar-refractivity contribution in [2.45, 2.75) is 13.3 Å². The van der Waals surface area contributed by atoms with Crippen LogP contribution in [0.1, 0.15) is 18.9 Å². The van der Waals surface area contributed by atoms with E-state index in [0.29, 0.717) is 17.8 Å². The van der Waals surface area contributed by atoms with Gasteiger partial charge in [0.25, 0.3) is 0 Å². The van der Waals surface area contributed by atoms with E-state index in [-0.39, 0.29) is 0 Å². The first-order valence-electron chi connectivity index (χ1n) is 4.87. The maximum absolute atomic E-state index is 10.6. The highest BCUT2D eigenvalue weighted by Gasteiger charge is 2.03. The largest absolute Gasteiger partial charge is 0.496 e. The Morgan fingerprint density at radius 3 is 2.53 bits per heavy atom. The van der Waals surface area contributed by atoms with E-state index in [1.165, 1.54) is 0 Å². The van der Waals surface area contributed by atoms with Gasteiger partial charge in [0.2, 0.25) is 0 Å². The van der Waals surface area contributed by atoms with Crippen LogP contribution >= 0.6 is 0 Å². The molecule has 0 spiro atoms. The maximum atomic E-state index is 10.6. The third-order valence-electron chi connectivity index (χ3n) is 2.09. The summed E-state index contributed by atoms with van der Waals surface area (Å²) in [7, 11) is 1.56. The monoisotopic (exact) mass is 202 g/mol. The molecule has 0 aromatic heterocycles. The lowest BCUT2D eigenvalue weighted by Gasteiger charge is -2.05. The highest BCUT2D eigenvalue weighted by atomic mass is 16.5. The third-order valence-corrected chi connectivity index (χ3v) is 2.09. The first-order valence-corrected chi connectivity index (χ1v) is 4.87. The SMILES string of the molecule is CCC(=C=O)/C(=C/c1ccccc1)OC. The number of rotatable bonds is 4. The summed E-state index contributed by atoms with van der Waals surface area (Å²) in [5.41, 5.74) is 1.57. The van der Waals surface area contributed by atoms with Crippen LogP contribution in [-0.2, 0) is 9.53 Å². The summed E-state index contributed by atoms with van der Waals surface area (Å²) in [5.74, 6) is 2.48. The van der Waals surface area contributed by atoms with E-state index >= 15 is 0 Å². The molecule has 0 radical (unpaired) electrons. The third kappa shape index (κ3) is 3.12. The number of hydrogen-bond acceptors (Lipinski definition) is 2. The van der Waals surface area contributed by atoms with Crippen LogP contribution in [0.2, 0.25) is 0 Å². The first kappa shape index (κ1) is 11.3. The summed E-state index contributed by atoms with van der Waals surface area (Å²) in [4.78, 5) is 10.6. The van der Waals surface area contributed by atoms with Crippen LogP contribution in [0.15, 0.2) is 41.7 Å². The Morgan fingerprint density at radius 2 is 2.07 bits per heavy atom. The highest BCUT2D eigenvalue weighted by Crippen LogP contribution is 2.15. The first-order chi connectivity index (χ1) is 7.31. The second-order valence-corrected chi connectivity index (χ2v) is 3.06. The van der Waals surface area contributed by atoms with Gasteiger partial charge in [0.05, 0.1) is 12.7 Å². The van der Waals surface area contributed by atoms with Gasteiger partial charge in [-0.3, -0.25) is 0 Å². The number of methoxy groups -OCH3 is 1. The zero-order valence-corrected chi connectivity index (χ0v) is 8.99. The molecule has 0 saturated carbocycles. The average molecular weight is 202 g/mol. The standard InChI is InChI=1S/C13H14O2/c1-3-12(10-14)13(15-2)9-11-7-5-4-6-8-11/h4-9H,3H2,1-2H3/b13-9-. The molecule has 0 heterocycles. The normalized spacial score (nSPS) is 10.7. The van der Waals surface area contributed by atoms with E-state index in [2.05, 4.69) is 0 Å². The molecule has 0 aliphatic heterocycles. The van der Waals surface area contributed by atoms with Crippen molar-refractivity contribution < 1.29 is 9.53 Å². The Morgan fingerprint density at radius 1 is 1.40 bits per heavy atom. The van der Waals surface area contributed by atoms with Gasteiger partial charge < -0.3 is 4.74 Å². The summed E-state index contributed by atoms with van der Waals surface area (Å²) in [6.07, 6.45) is 2.46. The Balaban J connectivity index is 3.02. The number of allylic oxidation sites excluding steroid dienone is 1. The molecule has 15 heavy (non-hydrogen) atoms. The van der Waals surface area contributed by atoms with Gasteiger partial charge >= 0.3 is 0 Å². The minimum Gasteiger partial charge on any atom is -0.496 e. The Kier molecular flexibility index (Phi) is 4.39. The molecule has 0 N–H and O–H groups in total. The van der Waals surface area contributed by atoms with Crippen molar-refractivity contribution in [2.75, 3.05) is 7.11 Å². The molecule has 2 heteroatoms. The number of carbonyl (C=O) groups excluding carboxylic acids is 1. The minimum absolute atomic E-state index is 0.557. The zero-order valence-electron chi connectivity index (χ0n) is 8.99. The molecule has 78 valence electrons. The van der Waals surface area contributed by atoms with Crippen molar-refractivity contribution >= 4 is 12.0 Å². The van der Waals surface area contributed by atoms with Gasteiger partial charge in [0.15, 0.2) is 0 Å². The molecule has 0 unspecified atom stereocenters. The lowest BCUT2D eigenvalue weighted by Crippen LogP contribution is -1.92. The molecule has 1 aromatic rings. The lowest BCUT2D eigenvalue weighted by molar-refractivity contribution is 0.303. The predicted molar refractivity (Wildman–Crippen MR) is 60.9 cm³/mol. The molecule has 1 rings (SSSR count). The zero-order chi connectivity index (χ0) is 11.1. The highest BCUT2D eigenvalue weighted by molar-refractivity contribution is 5.66. The number of benzene rings is 1. The van der Waals surface area contributed by atoms with E-state index in [1.807, 2.05) is 49.3 Å². The van der Waals surface area contributed by atoms with Crippen molar-refractivity contribution in [3.8, 4) is 0 Å². The molecule has 0 amide bonds. The average Bonchev–Trinajstić information content (AvgIpc) is 2.30. The summed E-state index contributed by atoms with van der Waals surface area (Å²) < 4.78 is 5.16. The Bertz CT molecular complexity index is 384.